The molecule has 0 fully saturated rings. The lowest BCUT2D eigenvalue weighted by molar-refractivity contribution is 0.0995. The van der Waals surface area contributed by atoms with Crippen LogP contribution in [-0.4, -0.2) is 28.6 Å². The van der Waals surface area contributed by atoms with Crippen LogP contribution < -0.4 is 11.3 Å². The summed E-state index contributed by atoms with van der Waals surface area (Å²) in [7, 11) is -4.46. The first kappa shape index (κ1) is 17.2. The van der Waals surface area contributed by atoms with Crippen molar-refractivity contribution in [3.63, 3.8) is 0 Å². The molecule has 0 bridgehead atoms. The molecule has 1 rings (SSSR count). The van der Waals surface area contributed by atoms with Crippen LogP contribution in [0.5, 0.6) is 5.88 Å². The van der Waals surface area contributed by atoms with Gasteiger partial charge in [0.1, 0.15) is 11.3 Å². The summed E-state index contributed by atoms with van der Waals surface area (Å²) >= 11 is 0. The number of pyridine rings is 1. The molecule has 0 aliphatic heterocycles. The Kier molecular flexibility index (Phi) is 5.13. The molecule has 8 nitrogen and oxygen atoms in total. The van der Waals surface area contributed by atoms with Gasteiger partial charge in [-0.05, 0) is 18.9 Å². The highest BCUT2D eigenvalue weighted by Gasteiger charge is 2.24. The van der Waals surface area contributed by atoms with E-state index >= 15 is 0 Å². The number of hydrogen-bond acceptors (Lipinski definition) is 5. The number of nitrogens with zero attached hydrogens (tertiary/aromatic N) is 1. The van der Waals surface area contributed by atoms with E-state index in [0.717, 1.165) is 11.0 Å². The van der Waals surface area contributed by atoms with Crippen LogP contribution >= 0.6 is 0 Å². The van der Waals surface area contributed by atoms with Crippen LogP contribution in [0.4, 0.5) is 0 Å². The van der Waals surface area contributed by atoms with Gasteiger partial charge in [0.2, 0.25) is 5.88 Å². The average molecular weight is 318 g/mol. The Morgan fingerprint density at radius 1 is 1.38 bits per heavy atom. The third kappa shape index (κ3) is 3.82. The van der Waals surface area contributed by atoms with Gasteiger partial charge in [-0.25, -0.2) is 0 Å². The van der Waals surface area contributed by atoms with Gasteiger partial charge in [0.05, 0.1) is 0 Å². The van der Waals surface area contributed by atoms with E-state index in [0.29, 0.717) is 6.42 Å². The number of aromatic hydroxyl groups is 1. The first-order chi connectivity index (χ1) is 9.60. The van der Waals surface area contributed by atoms with E-state index in [1.807, 2.05) is 6.92 Å². The number of aromatic nitrogens is 1. The highest BCUT2D eigenvalue weighted by Crippen LogP contribution is 2.22. The first-order valence-corrected chi connectivity index (χ1v) is 7.91. The van der Waals surface area contributed by atoms with Gasteiger partial charge in [-0.2, -0.15) is 8.42 Å². The average Bonchev–Trinajstić information content (AvgIpc) is 2.33. The Morgan fingerprint density at radius 2 is 1.95 bits per heavy atom. The summed E-state index contributed by atoms with van der Waals surface area (Å²) in [6, 6.07) is 0. The Bertz CT molecular complexity index is 720. The summed E-state index contributed by atoms with van der Waals surface area (Å²) in [5.74, 6) is -2.51. The van der Waals surface area contributed by atoms with Crippen LogP contribution in [0.25, 0.3) is 0 Å². The number of nitrogens with two attached hydrogens (primary N) is 1. The minimum atomic E-state index is -4.46. The van der Waals surface area contributed by atoms with Crippen molar-refractivity contribution in [1.29, 1.82) is 0 Å². The SMILES string of the molecule is CCCCn1c(O)c(C(N)=O)c(C)c(CS(=O)(=O)O)c1=O. The zero-order chi connectivity index (χ0) is 16.4. The molecule has 0 saturated carbocycles. The summed E-state index contributed by atoms with van der Waals surface area (Å²) in [5.41, 5.74) is 3.77. The molecule has 0 aliphatic carbocycles. The molecule has 4 N–H and O–H groups in total. The number of primary amides is 1. The van der Waals surface area contributed by atoms with Gasteiger partial charge in [0.25, 0.3) is 21.6 Å². The number of unbranched alkanes of at least 4 members (excludes halogenated alkanes) is 1. The third-order valence-electron chi connectivity index (χ3n) is 3.12. The monoisotopic (exact) mass is 318 g/mol. The topological polar surface area (TPSA) is 140 Å². The normalized spacial score (nSPS) is 11.6. The molecular formula is C12H18N2O6S. The molecule has 0 unspecified atom stereocenters. The fourth-order valence-electron chi connectivity index (χ4n) is 2.04. The minimum absolute atomic E-state index is 0.0460. The van der Waals surface area contributed by atoms with E-state index in [1.165, 1.54) is 6.92 Å². The molecule has 0 aromatic carbocycles. The number of amides is 1. The maximum absolute atomic E-state index is 12.2. The Labute approximate surface area is 122 Å². The Hall–Kier alpha value is -1.87. The van der Waals surface area contributed by atoms with Crippen molar-refractivity contribution in [2.24, 2.45) is 5.73 Å². The van der Waals surface area contributed by atoms with E-state index in [9.17, 15) is 23.1 Å². The highest BCUT2D eigenvalue weighted by atomic mass is 32.2. The maximum atomic E-state index is 12.2. The van der Waals surface area contributed by atoms with Crippen molar-refractivity contribution in [3.8, 4) is 5.88 Å². The second-order valence-corrected chi connectivity index (χ2v) is 6.16. The summed E-state index contributed by atoms with van der Waals surface area (Å²) < 4.78 is 31.9. The molecule has 0 spiro atoms. The maximum Gasteiger partial charge on any atom is 0.269 e. The number of rotatable bonds is 6. The summed E-state index contributed by atoms with van der Waals surface area (Å²) in [6.07, 6.45) is 1.26. The van der Waals surface area contributed by atoms with Crippen molar-refractivity contribution in [2.45, 2.75) is 39.0 Å². The van der Waals surface area contributed by atoms with Gasteiger partial charge in [0.15, 0.2) is 0 Å². The second-order valence-electron chi connectivity index (χ2n) is 4.70. The smallest absolute Gasteiger partial charge is 0.269 e. The predicted molar refractivity (Wildman–Crippen MR) is 75.8 cm³/mol. The van der Waals surface area contributed by atoms with Crippen LogP contribution in [0.1, 0.15) is 41.3 Å². The van der Waals surface area contributed by atoms with Gasteiger partial charge in [-0.15, -0.1) is 0 Å². The Balaban J connectivity index is 3.67. The van der Waals surface area contributed by atoms with Gasteiger partial charge in [0, 0.05) is 12.1 Å². The zero-order valence-electron chi connectivity index (χ0n) is 11.8. The largest absolute Gasteiger partial charge is 0.494 e. The molecule has 1 aromatic rings. The predicted octanol–water partition coefficient (Wildman–Crippen LogP) is 0.149. The number of carbonyl (C=O) groups is 1. The quantitative estimate of drug-likeness (QED) is 0.638. The van der Waals surface area contributed by atoms with Crippen LogP contribution in [0, 0.1) is 6.92 Å². The molecule has 1 heterocycles. The Morgan fingerprint density at radius 3 is 2.38 bits per heavy atom. The summed E-state index contributed by atoms with van der Waals surface area (Å²) in [5, 5.41) is 10.0. The molecule has 1 aromatic heterocycles. The van der Waals surface area contributed by atoms with Gasteiger partial charge >= 0.3 is 0 Å². The van der Waals surface area contributed by atoms with Crippen molar-refractivity contribution in [1.82, 2.24) is 4.57 Å². The lowest BCUT2D eigenvalue weighted by Gasteiger charge is -2.16. The number of carbonyl (C=O) groups excluding carboxylic acids is 1. The van der Waals surface area contributed by atoms with Crippen LogP contribution in [0.3, 0.4) is 0 Å². The van der Waals surface area contributed by atoms with E-state index < -0.39 is 33.2 Å². The van der Waals surface area contributed by atoms with Crippen molar-refractivity contribution in [3.05, 3.63) is 27.0 Å². The van der Waals surface area contributed by atoms with Crippen LogP contribution in [-0.2, 0) is 22.4 Å². The van der Waals surface area contributed by atoms with Gasteiger partial charge in [-0.1, -0.05) is 13.3 Å². The van der Waals surface area contributed by atoms with E-state index in [2.05, 4.69) is 0 Å². The van der Waals surface area contributed by atoms with E-state index in [1.54, 1.807) is 0 Å². The third-order valence-corrected chi connectivity index (χ3v) is 3.77. The van der Waals surface area contributed by atoms with Crippen molar-refractivity contribution < 1.29 is 22.9 Å². The zero-order valence-corrected chi connectivity index (χ0v) is 12.6. The first-order valence-electron chi connectivity index (χ1n) is 6.30. The molecular weight excluding hydrogens is 300 g/mol. The standard InChI is InChI=1S/C12H18N2O6S/c1-3-4-5-14-11(16)8(6-21(18,19)20)7(2)9(10(13)15)12(14)17/h17H,3-6H2,1-2H3,(H2,13,15)(H,18,19,20). The van der Waals surface area contributed by atoms with Gasteiger partial charge < -0.3 is 10.8 Å². The minimum Gasteiger partial charge on any atom is -0.494 e. The number of hydrogen-bond donors (Lipinski definition) is 3. The van der Waals surface area contributed by atoms with Gasteiger partial charge in [-0.3, -0.25) is 18.7 Å². The summed E-state index contributed by atoms with van der Waals surface area (Å²) in [4.78, 5) is 23.7. The molecule has 21 heavy (non-hydrogen) atoms. The fraction of sp³-hybridized carbons (Fsp3) is 0.500. The molecule has 118 valence electrons. The lowest BCUT2D eigenvalue weighted by Crippen LogP contribution is -2.30. The van der Waals surface area contributed by atoms with Crippen molar-refractivity contribution in [2.75, 3.05) is 0 Å². The highest BCUT2D eigenvalue weighted by molar-refractivity contribution is 7.85. The van der Waals surface area contributed by atoms with Crippen LogP contribution in [0.2, 0.25) is 0 Å². The fourth-order valence-corrected chi connectivity index (χ4v) is 2.75. The molecule has 9 heteroatoms. The van der Waals surface area contributed by atoms with E-state index in [4.69, 9.17) is 10.3 Å². The molecule has 0 atom stereocenters. The van der Waals surface area contributed by atoms with Crippen LogP contribution in [0.15, 0.2) is 4.79 Å². The lowest BCUT2D eigenvalue weighted by atomic mass is 10.0. The molecule has 1 amide bonds. The molecule has 0 aliphatic rings. The van der Waals surface area contributed by atoms with E-state index in [-0.39, 0.29) is 23.2 Å². The molecule has 0 radical (unpaired) electrons. The summed E-state index contributed by atoms with van der Waals surface area (Å²) in [6.45, 7) is 3.27. The van der Waals surface area contributed by atoms with Crippen molar-refractivity contribution >= 4 is 16.0 Å². The molecule has 0 saturated heterocycles. The second kappa shape index (κ2) is 6.27.